The number of morpholine rings is 1. The van der Waals surface area contributed by atoms with E-state index in [2.05, 4.69) is 38.9 Å². The number of ether oxygens (including phenoxy) is 2. The molecule has 0 saturated carbocycles. The molecule has 8 nitrogen and oxygen atoms in total. The molecule has 1 aliphatic carbocycles. The van der Waals surface area contributed by atoms with Gasteiger partial charge in [-0.1, -0.05) is 12.2 Å². The zero-order chi connectivity index (χ0) is 28.0. The fourth-order valence-corrected chi connectivity index (χ4v) is 5.67. The van der Waals surface area contributed by atoms with E-state index >= 15 is 4.39 Å². The summed E-state index contributed by atoms with van der Waals surface area (Å²) in [6, 6.07) is 3.55. The van der Waals surface area contributed by atoms with Gasteiger partial charge in [-0.2, -0.15) is 5.10 Å². The van der Waals surface area contributed by atoms with Gasteiger partial charge in [-0.15, -0.1) is 0 Å². The summed E-state index contributed by atoms with van der Waals surface area (Å²) in [5.41, 5.74) is 3.68. The molecular weight excluding hydrogens is 509 g/mol. The second-order valence-corrected chi connectivity index (χ2v) is 12.0. The van der Waals surface area contributed by atoms with Gasteiger partial charge in [0.25, 0.3) is 0 Å². The number of aryl methyl sites for hydroxylation is 1. The van der Waals surface area contributed by atoms with Gasteiger partial charge >= 0.3 is 0 Å². The van der Waals surface area contributed by atoms with Crippen LogP contribution in [0.2, 0.25) is 0 Å². The predicted octanol–water partition coefficient (Wildman–Crippen LogP) is 4.35. The first-order chi connectivity index (χ1) is 19.1. The van der Waals surface area contributed by atoms with E-state index in [1.807, 2.05) is 40.0 Å². The van der Waals surface area contributed by atoms with E-state index in [9.17, 15) is 4.79 Å². The number of halogens is 1. The van der Waals surface area contributed by atoms with E-state index in [0.29, 0.717) is 34.9 Å². The standard InChI is InChI=1S/C31H36FN5O3/c1-19-9-21(11-30(38)35-22-14-34-37(16-22)31(2,3)4)26(32)13-29(19)40-28-7-8-33-27-6-5-20(10-25(27)28)15-36-17-24-12-23(36)18-39-24/h5-10,13-14,16,23-24,27,33H,11-12,15,17-18H2,1-4H3,(H,35,38)/t23-,24-,27?/m0/s1. The highest BCUT2D eigenvalue weighted by Gasteiger charge is 2.39. The summed E-state index contributed by atoms with van der Waals surface area (Å²) in [4.78, 5) is 15.2. The average Bonchev–Trinajstić information content (AvgIpc) is 3.65. The molecule has 0 spiro atoms. The fraction of sp³-hybridized carbons (Fsp3) is 0.419. The number of hydrogen-bond donors (Lipinski definition) is 2. The molecule has 6 rings (SSSR count). The van der Waals surface area contributed by atoms with Crippen molar-refractivity contribution in [2.75, 3.05) is 25.0 Å². The van der Waals surface area contributed by atoms with Gasteiger partial charge in [0.15, 0.2) is 0 Å². The summed E-state index contributed by atoms with van der Waals surface area (Å²) < 4.78 is 29.0. The van der Waals surface area contributed by atoms with E-state index < -0.39 is 5.82 Å². The Bertz CT molecular complexity index is 1450. The molecule has 4 heterocycles. The molecule has 2 saturated heterocycles. The average molecular weight is 546 g/mol. The van der Waals surface area contributed by atoms with E-state index in [4.69, 9.17) is 9.47 Å². The van der Waals surface area contributed by atoms with Crippen LogP contribution in [0, 0.1) is 12.7 Å². The maximum Gasteiger partial charge on any atom is 0.228 e. The first-order valence-corrected chi connectivity index (χ1v) is 13.9. The highest BCUT2D eigenvalue weighted by molar-refractivity contribution is 5.92. The van der Waals surface area contributed by atoms with E-state index in [1.54, 1.807) is 23.1 Å². The van der Waals surface area contributed by atoms with Crippen molar-refractivity contribution in [3.63, 3.8) is 0 Å². The molecule has 3 aliphatic heterocycles. The molecule has 2 bridgehead atoms. The van der Waals surface area contributed by atoms with Gasteiger partial charge in [-0.05, 0) is 69.0 Å². The monoisotopic (exact) mass is 545 g/mol. The summed E-state index contributed by atoms with van der Waals surface area (Å²) >= 11 is 0. The van der Waals surface area contributed by atoms with Crippen molar-refractivity contribution in [2.45, 2.75) is 64.3 Å². The van der Waals surface area contributed by atoms with Crippen LogP contribution in [0.15, 0.2) is 71.9 Å². The number of allylic oxidation sites excluding steroid dienone is 1. The Labute approximate surface area is 234 Å². The maximum absolute atomic E-state index is 15.2. The van der Waals surface area contributed by atoms with E-state index in [1.165, 1.54) is 11.6 Å². The van der Waals surface area contributed by atoms with Crippen LogP contribution in [0.3, 0.4) is 0 Å². The Morgan fingerprint density at radius 3 is 2.88 bits per heavy atom. The number of anilines is 1. The molecule has 210 valence electrons. The predicted molar refractivity (Wildman–Crippen MR) is 151 cm³/mol. The number of hydrogen-bond acceptors (Lipinski definition) is 6. The molecule has 1 unspecified atom stereocenters. The maximum atomic E-state index is 15.2. The highest BCUT2D eigenvalue weighted by atomic mass is 19.1. The number of nitrogens with one attached hydrogen (secondary N) is 2. The molecule has 2 aromatic rings. The number of nitrogens with zero attached hydrogens (tertiary/aromatic N) is 3. The van der Waals surface area contributed by atoms with Crippen molar-refractivity contribution in [2.24, 2.45) is 0 Å². The number of carbonyl (C=O) groups is 1. The molecule has 9 heteroatoms. The molecule has 0 radical (unpaired) electrons. The van der Waals surface area contributed by atoms with Crippen molar-refractivity contribution < 1.29 is 18.7 Å². The van der Waals surface area contributed by atoms with Crippen molar-refractivity contribution >= 4 is 11.6 Å². The van der Waals surface area contributed by atoms with Crippen molar-refractivity contribution in [1.29, 1.82) is 0 Å². The van der Waals surface area contributed by atoms with Crippen LogP contribution in [0.5, 0.6) is 5.75 Å². The Morgan fingerprint density at radius 1 is 1.30 bits per heavy atom. The number of dihydropyridines is 1. The summed E-state index contributed by atoms with van der Waals surface area (Å²) in [6.45, 7) is 10.6. The first kappa shape index (κ1) is 26.5. The van der Waals surface area contributed by atoms with Crippen LogP contribution >= 0.6 is 0 Å². The van der Waals surface area contributed by atoms with Crippen LogP contribution < -0.4 is 15.4 Å². The van der Waals surface area contributed by atoms with Crippen molar-refractivity contribution in [3.05, 3.63) is 88.9 Å². The van der Waals surface area contributed by atoms with Crippen molar-refractivity contribution in [1.82, 2.24) is 20.0 Å². The number of aromatic nitrogens is 2. The van der Waals surface area contributed by atoms with Crippen LogP contribution in [0.4, 0.5) is 10.1 Å². The minimum absolute atomic E-state index is 0.00197. The summed E-state index contributed by atoms with van der Waals surface area (Å²) in [5.74, 6) is 0.325. The third-order valence-corrected chi connectivity index (χ3v) is 7.84. The van der Waals surface area contributed by atoms with Crippen molar-refractivity contribution in [3.8, 4) is 5.75 Å². The molecule has 4 aliphatic rings. The third-order valence-electron chi connectivity index (χ3n) is 7.84. The topological polar surface area (TPSA) is 80.7 Å². The minimum atomic E-state index is -0.479. The SMILES string of the molecule is Cc1cc(CC(=O)Nc2cnn(C(C)(C)C)c2)c(F)cc1OC1=C2C=C(CN3C[C@@H]4C[C@H]3CO4)C=CC2NC=C1. The number of rotatable bonds is 7. The van der Waals surface area contributed by atoms with Crippen LogP contribution in [-0.2, 0) is 21.5 Å². The van der Waals surface area contributed by atoms with E-state index in [0.717, 1.165) is 37.3 Å². The Kier molecular flexibility index (Phi) is 6.88. The zero-order valence-electron chi connectivity index (χ0n) is 23.4. The molecule has 3 atom stereocenters. The molecule has 1 aromatic heterocycles. The van der Waals surface area contributed by atoms with Gasteiger partial charge in [0.2, 0.25) is 5.91 Å². The summed E-state index contributed by atoms with van der Waals surface area (Å²) in [7, 11) is 0. The second kappa shape index (κ2) is 10.4. The largest absolute Gasteiger partial charge is 0.457 e. The molecule has 2 N–H and O–H groups in total. The van der Waals surface area contributed by atoms with Gasteiger partial charge in [0, 0.05) is 43.2 Å². The number of fused-ring (bicyclic) bond motifs is 3. The van der Waals surface area contributed by atoms with Gasteiger partial charge in [-0.3, -0.25) is 14.4 Å². The lowest BCUT2D eigenvalue weighted by Crippen LogP contribution is -2.38. The quantitative estimate of drug-likeness (QED) is 0.539. The number of benzene rings is 1. The summed E-state index contributed by atoms with van der Waals surface area (Å²) in [5, 5.41) is 10.5. The highest BCUT2D eigenvalue weighted by Crippen LogP contribution is 2.32. The molecule has 2 fully saturated rings. The second-order valence-electron chi connectivity index (χ2n) is 12.0. The van der Waals surface area contributed by atoms with E-state index in [-0.39, 0.29) is 23.9 Å². The molecule has 1 aromatic carbocycles. The Morgan fingerprint density at radius 2 is 2.15 bits per heavy atom. The smallest absolute Gasteiger partial charge is 0.228 e. The lowest BCUT2D eigenvalue weighted by atomic mass is 9.94. The van der Waals surface area contributed by atoms with Crippen LogP contribution in [0.25, 0.3) is 0 Å². The molecule has 40 heavy (non-hydrogen) atoms. The summed E-state index contributed by atoms with van der Waals surface area (Å²) in [6.07, 6.45) is 15.0. The van der Waals surface area contributed by atoms with Crippen LogP contribution in [0.1, 0.15) is 38.3 Å². The molecule has 1 amide bonds. The van der Waals surface area contributed by atoms with Gasteiger partial charge < -0.3 is 20.1 Å². The Hall–Kier alpha value is -3.69. The lowest BCUT2D eigenvalue weighted by Gasteiger charge is -2.30. The fourth-order valence-electron chi connectivity index (χ4n) is 5.67. The van der Waals surface area contributed by atoms with Gasteiger partial charge in [0.1, 0.15) is 17.3 Å². The number of amides is 1. The lowest BCUT2D eigenvalue weighted by molar-refractivity contribution is -0.115. The first-order valence-electron chi connectivity index (χ1n) is 13.9. The third kappa shape index (κ3) is 5.48. The Balaban J connectivity index is 1.15. The van der Waals surface area contributed by atoms with Gasteiger partial charge in [-0.25, -0.2) is 4.39 Å². The number of carbonyl (C=O) groups excluding carboxylic acids is 1. The minimum Gasteiger partial charge on any atom is -0.457 e. The normalized spacial score (nSPS) is 23.7. The molecular formula is C31H36FN5O3. The van der Waals surface area contributed by atoms with Crippen LogP contribution in [-0.4, -0.2) is 58.5 Å². The number of likely N-dealkylation sites (tertiary alicyclic amines) is 1. The van der Waals surface area contributed by atoms with Gasteiger partial charge in [0.05, 0.1) is 42.6 Å². The zero-order valence-corrected chi connectivity index (χ0v) is 23.4.